The topological polar surface area (TPSA) is 498 Å². The maximum atomic E-state index is 13.2. The summed E-state index contributed by atoms with van der Waals surface area (Å²) in [5.41, 5.74) is 0.364. The number of ketones is 1. The second-order valence-corrected chi connectivity index (χ2v) is 30.2. The molecule has 0 aromatic heterocycles. The molecule has 6 heterocycles. The van der Waals surface area contributed by atoms with Crippen molar-refractivity contribution in [2.75, 3.05) is 19.8 Å². The summed E-state index contributed by atoms with van der Waals surface area (Å²) >= 11 is 0. The second-order valence-electron chi connectivity index (χ2n) is 29.2. The van der Waals surface area contributed by atoms with Gasteiger partial charge < -0.3 is 138 Å². The predicted molar refractivity (Wildman–Crippen MR) is 315 cm³/mol. The van der Waals surface area contributed by atoms with Crippen molar-refractivity contribution in [3.05, 3.63) is 11.6 Å². The number of Topliss-reactive ketones (excluding diaryl/α,β-unsaturated/α-hetero) is 1. The maximum Gasteiger partial charge on any atom is 1.00 e. The van der Waals surface area contributed by atoms with Crippen molar-refractivity contribution in [1.29, 1.82) is 0 Å². The van der Waals surface area contributed by atoms with Gasteiger partial charge in [0.25, 0.3) is 0 Å². The summed E-state index contributed by atoms with van der Waals surface area (Å²) in [6.07, 6.45) is -46.8. The summed E-state index contributed by atoms with van der Waals surface area (Å²) in [5.74, 6) is 0.350. The average molecular weight is 1410 g/mol. The zero-order valence-electron chi connectivity index (χ0n) is 55.5. The van der Waals surface area contributed by atoms with E-state index in [1.54, 1.807) is 0 Å². The van der Waals surface area contributed by atoms with Crippen LogP contribution in [0.3, 0.4) is 0 Å². The Labute approximate surface area is 579 Å². The molecule has 32 nitrogen and oxygen atoms in total. The van der Waals surface area contributed by atoms with Gasteiger partial charge in [0.2, 0.25) is 10.4 Å². The number of aliphatic hydroxyl groups is 15. The van der Waals surface area contributed by atoms with Crippen molar-refractivity contribution in [2.24, 2.45) is 46.3 Å². The average Bonchev–Trinajstić information content (AvgIpc) is 1.27. The van der Waals surface area contributed by atoms with Gasteiger partial charge in [-0.25, -0.2) is 8.42 Å². The van der Waals surface area contributed by atoms with Gasteiger partial charge >= 0.3 is 29.6 Å². The first kappa shape index (κ1) is 79.3. The van der Waals surface area contributed by atoms with Crippen LogP contribution >= 0.6 is 0 Å². The van der Waals surface area contributed by atoms with E-state index in [2.05, 4.69) is 26.8 Å². The van der Waals surface area contributed by atoms with E-state index in [1.807, 2.05) is 13.8 Å². The van der Waals surface area contributed by atoms with Gasteiger partial charge in [-0.2, -0.15) is 0 Å². The molecule has 6 saturated heterocycles. The van der Waals surface area contributed by atoms with Gasteiger partial charge in [-0.3, -0.25) is 8.98 Å². The van der Waals surface area contributed by atoms with Gasteiger partial charge in [-0.1, -0.05) is 46.3 Å². The Morgan fingerprint density at radius 3 is 1.61 bits per heavy atom. The molecule has 38 atom stereocenters. The number of hydrogen-bond donors (Lipinski definition) is 15. The molecule has 548 valence electrons. The molecule has 3 saturated carbocycles. The molecule has 4 aliphatic carbocycles. The first-order valence-electron chi connectivity index (χ1n) is 33.4. The van der Waals surface area contributed by atoms with Crippen LogP contribution in [-0.4, -0.2) is 306 Å². The van der Waals surface area contributed by atoms with E-state index >= 15 is 0 Å². The molecule has 0 aromatic carbocycles. The molecule has 10 aliphatic rings. The molecular formula is C62H101NaO32S. The van der Waals surface area contributed by atoms with Crippen LogP contribution in [0.15, 0.2) is 11.6 Å². The Bertz CT molecular complexity index is 2710. The number of hydrogen-bond acceptors (Lipinski definition) is 32. The summed E-state index contributed by atoms with van der Waals surface area (Å²) < 4.78 is 114. The Morgan fingerprint density at radius 2 is 1.04 bits per heavy atom. The first-order chi connectivity index (χ1) is 44.6. The standard InChI is InChI=1S/C62H102O32S.Na/c1-22(2)15-27(65)16-23(3)30-9-10-31-29-18-34(33-17-28(94-95(79,80)81)11-13-62(33,8)32(29)12-14-61(30,31)7)86-57-49(77)52(40(68)25(5)84-57)91-59-53(92-55-47(75)44(72)38(66)24(4)83-55)43(71)37(21-82-59)89-60-54(46(74)42(70)36(20-64)88-60)93-58-50(78)51(39(67)26(6)85-58)90-56-48(76)45(73)41(69)35(19-63)87-56;/h12,22-26,28-31,33-60,63-64,66-78H,9-11,13-21H2,1-8H3,(H,79,80,81);/q;+1/p-1/t23?,24?,25?,26?,28-,29?,30+,31?,33?,34?,35?,36?,37+,38+,39+,40+,41-,42-,43?,44?,45?,46?,47?,48?,49?,50?,51?,52?,53?,54?,55-,56-,57+,58-,59-,60+,61+,62+;/m0./s1. The minimum absolute atomic E-state index is 0. The normalized spacial score (nSPS) is 51.1. The smallest absolute Gasteiger partial charge is 0.726 e. The van der Waals surface area contributed by atoms with Crippen molar-refractivity contribution < 1.29 is 185 Å². The summed E-state index contributed by atoms with van der Waals surface area (Å²) in [7, 11) is -5.14. The van der Waals surface area contributed by atoms with E-state index in [-0.39, 0.29) is 83.2 Å². The first-order valence-corrected chi connectivity index (χ1v) is 34.7. The summed E-state index contributed by atoms with van der Waals surface area (Å²) in [6.45, 7) is 12.2. The van der Waals surface area contributed by atoms with Gasteiger partial charge in [0.15, 0.2) is 37.7 Å². The number of ether oxygens (including phenoxy) is 12. The molecule has 0 aromatic rings. The number of allylic oxidation sites excluding steroid dienone is 2. The van der Waals surface area contributed by atoms with Crippen LogP contribution < -0.4 is 29.6 Å². The number of aliphatic hydroxyl groups excluding tert-OH is 15. The molecule has 0 radical (unpaired) electrons. The fourth-order valence-corrected chi connectivity index (χ4v) is 17.7. The van der Waals surface area contributed by atoms with Crippen LogP contribution in [0.4, 0.5) is 0 Å². The van der Waals surface area contributed by atoms with E-state index < -0.39 is 232 Å². The summed E-state index contributed by atoms with van der Waals surface area (Å²) in [6, 6.07) is 0. The molecule has 22 unspecified atom stereocenters. The molecule has 0 amide bonds. The van der Waals surface area contributed by atoms with Crippen molar-refractivity contribution in [2.45, 2.75) is 304 Å². The van der Waals surface area contributed by atoms with Crippen molar-refractivity contribution >= 4 is 16.2 Å². The van der Waals surface area contributed by atoms with Crippen LogP contribution in [-0.2, 0) is 76.2 Å². The van der Waals surface area contributed by atoms with E-state index in [0.29, 0.717) is 25.7 Å². The third-order valence-electron chi connectivity index (χ3n) is 22.4. The van der Waals surface area contributed by atoms with Gasteiger partial charge in [-0.15, -0.1) is 0 Å². The van der Waals surface area contributed by atoms with Crippen molar-refractivity contribution in [1.82, 2.24) is 0 Å². The monoisotopic (exact) mass is 1410 g/mol. The van der Waals surface area contributed by atoms with Crippen LogP contribution in [0.2, 0.25) is 0 Å². The van der Waals surface area contributed by atoms with Crippen molar-refractivity contribution in [3.63, 3.8) is 0 Å². The van der Waals surface area contributed by atoms with E-state index in [4.69, 9.17) is 61.0 Å². The van der Waals surface area contributed by atoms with Crippen molar-refractivity contribution in [3.8, 4) is 0 Å². The van der Waals surface area contributed by atoms with E-state index in [1.165, 1.54) is 26.3 Å². The van der Waals surface area contributed by atoms with E-state index in [9.17, 15) is 94.4 Å². The number of fused-ring (bicyclic) bond motifs is 5. The molecular weight excluding hydrogens is 1310 g/mol. The van der Waals surface area contributed by atoms with Gasteiger partial charge in [0.1, 0.15) is 128 Å². The summed E-state index contributed by atoms with van der Waals surface area (Å²) in [5, 5.41) is 167. The van der Waals surface area contributed by atoms with Gasteiger partial charge in [0, 0.05) is 12.8 Å². The van der Waals surface area contributed by atoms with Crippen LogP contribution in [0.5, 0.6) is 0 Å². The second kappa shape index (κ2) is 31.9. The SMILES string of the molecule is CC(C)CC(=O)CC(C)[C@H]1CCC2C3CC(O[C@H]4OC(C)[C@@H](O)C(O[C@@H]5OC[C@@H](O[C@H]6OC(CO)[C@H](O)C(O)C6O[C@@H]6OC(C)[C@@H](O)C(O[C@@H]7OC(CO)[C@H](O)C(O)C7O)C6O)C(O)C5O[C@@H]5OC(C)[C@@H](O)C(O)C5O)C4O)C4C[C@@H](OS(=O)(=O)[O-])CC[C@]4(C)C3=CC[C@@]21C.[Na+]. The number of rotatable bonds is 21. The molecule has 10 rings (SSSR count). The molecule has 34 heteroatoms. The molecule has 15 N–H and O–H groups in total. The summed E-state index contributed by atoms with van der Waals surface area (Å²) in [4.78, 5) is 13.2. The Balaban J connectivity index is 0.0000108. The zero-order valence-corrected chi connectivity index (χ0v) is 58.3. The fourth-order valence-electron chi connectivity index (χ4n) is 17.2. The number of carbonyl (C=O) groups excluding carboxylic acids is 1. The molecule has 0 bridgehead atoms. The quantitative estimate of drug-likeness (QED) is 0.0220. The third kappa shape index (κ3) is 16.0. The Morgan fingerprint density at radius 1 is 0.552 bits per heavy atom. The predicted octanol–water partition coefficient (Wildman–Crippen LogP) is -7.31. The van der Waals surface area contributed by atoms with Crippen LogP contribution in [0.25, 0.3) is 0 Å². The van der Waals surface area contributed by atoms with Gasteiger partial charge in [0.05, 0.1) is 50.3 Å². The number of carbonyl (C=O) groups is 1. The molecule has 9 fully saturated rings. The largest absolute Gasteiger partial charge is 1.00 e. The zero-order chi connectivity index (χ0) is 69.4. The molecule has 6 aliphatic heterocycles. The molecule has 96 heavy (non-hydrogen) atoms. The maximum absolute atomic E-state index is 13.2. The minimum atomic E-state index is -5.14. The van der Waals surface area contributed by atoms with Crippen LogP contribution in [0, 0.1) is 46.3 Å². The molecule has 0 spiro atoms. The fraction of sp³-hybridized carbons (Fsp3) is 0.952. The van der Waals surface area contributed by atoms with E-state index in [0.717, 1.165) is 19.3 Å². The third-order valence-corrected chi connectivity index (χ3v) is 22.9. The Kier molecular flexibility index (Phi) is 26.3. The van der Waals surface area contributed by atoms with Gasteiger partial charge in [-0.05, 0) is 112 Å². The minimum Gasteiger partial charge on any atom is -0.726 e. The van der Waals surface area contributed by atoms with Crippen LogP contribution in [0.1, 0.15) is 113 Å². The Hall–Kier alpha value is -0.800.